The summed E-state index contributed by atoms with van der Waals surface area (Å²) in [4.78, 5) is 20.6. The Hall–Kier alpha value is -2.38. The SMILES string of the molecule is CCc1noc(-c2ccc(SCC(=O)Nc3cccc(Cl)c3)nc2)n1. The van der Waals surface area contributed by atoms with Crippen molar-refractivity contribution in [3.8, 4) is 11.5 Å². The minimum absolute atomic E-state index is 0.123. The normalized spacial score (nSPS) is 10.6. The van der Waals surface area contributed by atoms with Crippen molar-refractivity contribution in [2.75, 3.05) is 11.1 Å². The van der Waals surface area contributed by atoms with Crippen LogP contribution in [0.5, 0.6) is 0 Å². The third kappa shape index (κ3) is 4.80. The van der Waals surface area contributed by atoms with Crippen molar-refractivity contribution < 1.29 is 9.32 Å². The number of rotatable bonds is 6. The van der Waals surface area contributed by atoms with E-state index in [-0.39, 0.29) is 11.7 Å². The zero-order chi connectivity index (χ0) is 17.6. The lowest BCUT2D eigenvalue weighted by Crippen LogP contribution is -2.13. The molecule has 0 radical (unpaired) electrons. The van der Waals surface area contributed by atoms with E-state index in [0.717, 1.165) is 10.6 Å². The molecule has 0 saturated heterocycles. The number of anilines is 1. The van der Waals surface area contributed by atoms with Gasteiger partial charge in [-0.15, -0.1) is 0 Å². The molecule has 0 aliphatic rings. The molecule has 25 heavy (non-hydrogen) atoms. The van der Waals surface area contributed by atoms with E-state index < -0.39 is 0 Å². The molecule has 1 aromatic carbocycles. The van der Waals surface area contributed by atoms with Gasteiger partial charge in [0.1, 0.15) is 0 Å². The predicted molar refractivity (Wildman–Crippen MR) is 97.7 cm³/mol. The third-order valence-electron chi connectivity index (χ3n) is 3.23. The molecule has 8 heteroatoms. The van der Waals surface area contributed by atoms with E-state index in [1.165, 1.54) is 11.8 Å². The Morgan fingerprint density at radius 2 is 2.20 bits per heavy atom. The second kappa shape index (κ2) is 8.13. The Kier molecular flexibility index (Phi) is 5.67. The van der Waals surface area contributed by atoms with Crippen LogP contribution in [0.1, 0.15) is 12.7 Å². The molecule has 2 heterocycles. The van der Waals surface area contributed by atoms with E-state index in [1.807, 2.05) is 19.1 Å². The fourth-order valence-corrected chi connectivity index (χ4v) is 2.84. The highest BCUT2D eigenvalue weighted by atomic mass is 35.5. The van der Waals surface area contributed by atoms with Crippen molar-refractivity contribution in [3.05, 3.63) is 53.4 Å². The Balaban J connectivity index is 1.55. The molecule has 0 aliphatic heterocycles. The zero-order valence-electron chi connectivity index (χ0n) is 13.4. The highest BCUT2D eigenvalue weighted by molar-refractivity contribution is 7.99. The monoisotopic (exact) mass is 374 g/mol. The summed E-state index contributed by atoms with van der Waals surface area (Å²) in [7, 11) is 0. The lowest BCUT2D eigenvalue weighted by molar-refractivity contribution is -0.113. The molecule has 0 spiro atoms. The lowest BCUT2D eigenvalue weighted by Gasteiger charge is -2.05. The van der Waals surface area contributed by atoms with Gasteiger partial charge in [0.2, 0.25) is 5.91 Å². The molecule has 0 bridgehead atoms. The smallest absolute Gasteiger partial charge is 0.259 e. The number of hydrogen-bond acceptors (Lipinski definition) is 6. The number of nitrogens with one attached hydrogen (secondary N) is 1. The Bertz CT molecular complexity index is 867. The van der Waals surface area contributed by atoms with E-state index >= 15 is 0 Å². The van der Waals surface area contributed by atoms with Crippen molar-refractivity contribution in [2.24, 2.45) is 0 Å². The third-order valence-corrected chi connectivity index (χ3v) is 4.41. The first-order valence-electron chi connectivity index (χ1n) is 7.61. The molecule has 0 unspecified atom stereocenters. The molecule has 1 N–H and O–H groups in total. The molecule has 0 fully saturated rings. The first-order chi connectivity index (χ1) is 12.1. The first-order valence-corrected chi connectivity index (χ1v) is 8.97. The van der Waals surface area contributed by atoms with Crippen LogP contribution >= 0.6 is 23.4 Å². The quantitative estimate of drug-likeness (QED) is 0.655. The van der Waals surface area contributed by atoms with Crippen LogP contribution in [-0.4, -0.2) is 26.8 Å². The van der Waals surface area contributed by atoms with Crippen LogP contribution in [0.4, 0.5) is 5.69 Å². The second-order valence-electron chi connectivity index (χ2n) is 5.10. The summed E-state index contributed by atoms with van der Waals surface area (Å²) in [5.74, 6) is 1.23. The Morgan fingerprint density at radius 1 is 1.32 bits per heavy atom. The number of pyridine rings is 1. The number of hydrogen-bond donors (Lipinski definition) is 1. The number of benzene rings is 1. The average Bonchev–Trinajstić information content (AvgIpc) is 3.10. The van der Waals surface area contributed by atoms with Gasteiger partial charge in [-0.2, -0.15) is 4.98 Å². The van der Waals surface area contributed by atoms with Crippen LogP contribution in [0.2, 0.25) is 5.02 Å². The van der Waals surface area contributed by atoms with Gasteiger partial charge in [-0.05, 0) is 30.3 Å². The topological polar surface area (TPSA) is 80.9 Å². The number of halogens is 1. The number of thioether (sulfide) groups is 1. The van der Waals surface area contributed by atoms with Crippen molar-refractivity contribution >= 4 is 35.0 Å². The maximum Gasteiger partial charge on any atom is 0.259 e. The minimum atomic E-state index is -0.123. The van der Waals surface area contributed by atoms with Crippen LogP contribution in [-0.2, 0) is 11.2 Å². The van der Waals surface area contributed by atoms with Gasteiger partial charge in [0.15, 0.2) is 5.82 Å². The molecule has 1 amide bonds. The number of aryl methyl sites for hydroxylation is 1. The standard InChI is InChI=1S/C17H15ClN4O2S/c1-2-14-21-17(24-22-14)11-6-7-16(19-9-11)25-10-15(23)20-13-5-3-4-12(18)8-13/h3-9H,2,10H2,1H3,(H,20,23). The highest BCUT2D eigenvalue weighted by Crippen LogP contribution is 2.21. The summed E-state index contributed by atoms with van der Waals surface area (Å²) in [6.45, 7) is 1.96. The molecule has 0 aliphatic carbocycles. The fourth-order valence-electron chi connectivity index (χ4n) is 2.01. The number of nitrogens with zero attached hydrogens (tertiary/aromatic N) is 3. The van der Waals surface area contributed by atoms with Crippen LogP contribution in [0.25, 0.3) is 11.5 Å². The first kappa shape index (κ1) is 17.4. The minimum Gasteiger partial charge on any atom is -0.334 e. The maximum absolute atomic E-state index is 12.0. The van der Waals surface area contributed by atoms with Gasteiger partial charge in [0.25, 0.3) is 5.89 Å². The summed E-state index contributed by atoms with van der Waals surface area (Å²) >= 11 is 7.24. The summed E-state index contributed by atoms with van der Waals surface area (Å²) in [6, 6.07) is 10.7. The molecule has 2 aromatic heterocycles. The number of aromatic nitrogens is 3. The van der Waals surface area contributed by atoms with Gasteiger partial charge in [-0.1, -0.05) is 41.5 Å². The summed E-state index contributed by atoms with van der Waals surface area (Å²) in [6.07, 6.45) is 2.37. The fraction of sp³-hybridized carbons (Fsp3) is 0.176. The average molecular weight is 375 g/mol. The van der Waals surface area contributed by atoms with E-state index in [9.17, 15) is 4.79 Å². The zero-order valence-corrected chi connectivity index (χ0v) is 15.0. The van der Waals surface area contributed by atoms with Crippen molar-refractivity contribution in [1.29, 1.82) is 0 Å². The largest absolute Gasteiger partial charge is 0.334 e. The molecular weight excluding hydrogens is 360 g/mol. The number of carbonyl (C=O) groups excluding carboxylic acids is 1. The van der Waals surface area contributed by atoms with Crippen molar-refractivity contribution in [2.45, 2.75) is 18.4 Å². The van der Waals surface area contributed by atoms with E-state index in [0.29, 0.717) is 28.8 Å². The van der Waals surface area contributed by atoms with Crippen molar-refractivity contribution in [3.63, 3.8) is 0 Å². The van der Waals surface area contributed by atoms with Gasteiger partial charge in [-0.25, -0.2) is 4.98 Å². The Labute approximate surface area is 154 Å². The van der Waals surface area contributed by atoms with E-state index in [2.05, 4.69) is 20.4 Å². The lowest BCUT2D eigenvalue weighted by atomic mass is 10.3. The van der Waals surface area contributed by atoms with Gasteiger partial charge in [-0.3, -0.25) is 4.79 Å². The summed E-state index contributed by atoms with van der Waals surface area (Å²) < 4.78 is 5.17. The molecular formula is C17H15ClN4O2S. The van der Waals surface area contributed by atoms with E-state index in [1.54, 1.807) is 30.5 Å². The number of amides is 1. The van der Waals surface area contributed by atoms with Crippen LogP contribution in [0.3, 0.4) is 0 Å². The highest BCUT2D eigenvalue weighted by Gasteiger charge is 2.09. The summed E-state index contributed by atoms with van der Waals surface area (Å²) in [5, 5.41) is 7.97. The van der Waals surface area contributed by atoms with E-state index in [4.69, 9.17) is 16.1 Å². The van der Waals surface area contributed by atoms with Gasteiger partial charge in [0.05, 0.1) is 16.3 Å². The molecule has 0 saturated carbocycles. The maximum atomic E-state index is 12.0. The predicted octanol–water partition coefficient (Wildman–Crippen LogP) is 4.08. The Morgan fingerprint density at radius 3 is 2.88 bits per heavy atom. The van der Waals surface area contributed by atoms with Crippen molar-refractivity contribution in [1.82, 2.24) is 15.1 Å². The number of carbonyl (C=O) groups is 1. The summed E-state index contributed by atoms with van der Waals surface area (Å²) in [5.41, 5.74) is 1.42. The van der Waals surface area contributed by atoms with Gasteiger partial charge >= 0.3 is 0 Å². The second-order valence-corrected chi connectivity index (χ2v) is 6.53. The molecule has 128 valence electrons. The molecule has 0 atom stereocenters. The molecule has 3 aromatic rings. The van der Waals surface area contributed by atoms with Crippen LogP contribution in [0, 0.1) is 0 Å². The molecule has 3 rings (SSSR count). The molecule has 6 nitrogen and oxygen atoms in total. The van der Waals surface area contributed by atoms with Crippen LogP contribution < -0.4 is 5.32 Å². The van der Waals surface area contributed by atoms with Gasteiger partial charge in [0, 0.05) is 23.3 Å². The van der Waals surface area contributed by atoms with Gasteiger partial charge < -0.3 is 9.84 Å². The van der Waals surface area contributed by atoms with Crippen LogP contribution in [0.15, 0.2) is 52.1 Å².